The van der Waals surface area contributed by atoms with Crippen molar-refractivity contribution in [2.75, 3.05) is 0 Å². The Morgan fingerprint density at radius 2 is 1.16 bits per heavy atom. The molecule has 1 aliphatic heterocycles. The molecule has 7 rings (SSSR count). The van der Waals surface area contributed by atoms with E-state index in [4.69, 9.17) is 24.4 Å². The molecule has 37 heavy (non-hydrogen) atoms. The van der Waals surface area contributed by atoms with Crippen LogP contribution in [0.25, 0.3) is 39.1 Å². The van der Waals surface area contributed by atoms with E-state index >= 15 is 0 Å². The topological polar surface area (TPSA) is 62.1 Å². The minimum absolute atomic E-state index is 0.280. The zero-order valence-electron chi connectivity index (χ0n) is 20.8. The Morgan fingerprint density at radius 1 is 0.595 bits per heavy atom. The van der Waals surface area contributed by atoms with E-state index < -0.39 is 0 Å². The molecular formula is C31H24N4O2. The van der Waals surface area contributed by atoms with Crippen LogP contribution in [-0.4, -0.2) is 19.5 Å². The van der Waals surface area contributed by atoms with Crippen molar-refractivity contribution in [3.8, 4) is 40.3 Å². The molecule has 180 valence electrons. The largest absolute Gasteiger partial charge is 0.450 e. The van der Waals surface area contributed by atoms with Gasteiger partial charge in [0.05, 0.1) is 11.0 Å². The molecule has 3 heterocycles. The van der Waals surface area contributed by atoms with Crippen LogP contribution in [0.4, 0.5) is 0 Å². The molecule has 0 unspecified atom stereocenters. The maximum absolute atomic E-state index is 6.15. The molecule has 0 aliphatic carbocycles. The predicted molar refractivity (Wildman–Crippen MR) is 145 cm³/mol. The smallest absolute Gasteiger partial charge is 0.238 e. The molecule has 0 amide bonds. The van der Waals surface area contributed by atoms with Gasteiger partial charge in [-0.1, -0.05) is 69.3 Å². The second kappa shape index (κ2) is 7.90. The molecule has 0 radical (unpaired) electrons. The Hall–Kier alpha value is -4.71. The maximum Gasteiger partial charge on any atom is 0.238 e. The monoisotopic (exact) mass is 484 g/mol. The zero-order valence-corrected chi connectivity index (χ0v) is 20.8. The van der Waals surface area contributed by atoms with Crippen LogP contribution in [0.5, 0.6) is 23.0 Å². The molecule has 6 heteroatoms. The summed E-state index contributed by atoms with van der Waals surface area (Å²) in [6.45, 7) is 6.34. The quantitative estimate of drug-likeness (QED) is 0.250. The molecule has 0 saturated carbocycles. The number of rotatable bonds is 2. The number of fused-ring (bicyclic) bond motifs is 5. The van der Waals surface area contributed by atoms with Gasteiger partial charge in [-0.3, -0.25) is 4.57 Å². The molecular weight excluding hydrogens is 460 g/mol. The van der Waals surface area contributed by atoms with Gasteiger partial charge in [-0.15, -0.1) is 0 Å². The highest BCUT2D eigenvalue weighted by atomic mass is 16.6. The van der Waals surface area contributed by atoms with Gasteiger partial charge < -0.3 is 9.47 Å². The lowest BCUT2D eigenvalue weighted by Crippen LogP contribution is -2.19. The van der Waals surface area contributed by atoms with Crippen LogP contribution in [0.1, 0.15) is 26.6 Å². The standard InChI is InChI=1S/C31H24N4O2/c1-31(2,3)29-32-28(19-16-17-26-27(18-19)37-25-15-9-8-14-24(25)36-26)33-30(34-29)35-22-12-6-4-10-20(22)21-11-5-7-13-23(21)35/h4-18H,1-3H3. The summed E-state index contributed by atoms with van der Waals surface area (Å²) in [6, 6.07) is 30.2. The van der Waals surface area contributed by atoms with E-state index in [0.717, 1.165) is 33.2 Å². The van der Waals surface area contributed by atoms with Crippen molar-refractivity contribution in [2.45, 2.75) is 26.2 Å². The van der Waals surface area contributed by atoms with Gasteiger partial charge in [0.15, 0.2) is 28.8 Å². The number of para-hydroxylation sites is 4. The van der Waals surface area contributed by atoms with Crippen molar-refractivity contribution < 1.29 is 9.47 Å². The highest BCUT2D eigenvalue weighted by Crippen LogP contribution is 2.46. The fourth-order valence-electron chi connectivity index (χ4n) is 4.73. The first kappa shape index (κ1) is 21.6. The van der Waals surface area contributed by atoms with Crippen molar-refractivity contribution in [3.05, 3.63) is 96.8 Å². The third-order valence-corrected chi connectivity index (χ3v) is 6.57. The Balaban J connectivity index is 1.43. The summed E-state index contributed by atoms with van der Waals surface area (Å²) in [6.07, 6.45) is 0. The van der Waals surface area contributed by atoms with E-state index in [0.29, 0.717) is 34.8 Å². The summed E-state index contributed by atoms with van der Waals surface area (Å²) in [7, 11) is 0. The van der Waals surface area contributed by atoms with E-state index in [9.17, 15) is 0 Å². The summed E-state index contributed by atoms with van der Waals surface area (Å²) >= 11 is 0. The minimum Gasteiger partial charge on any atom is -0.450 e. The third kappa shape index (κ3) is 3.52. The number of hydrogen-bond acceptors (Lipinski definition) is 5. The van der Waals surface area contributed by atoms with Gasteiger partial charge in [-0.25, -0.2) is 4.98 Å². The van der Waals surface area contributed by atoms with E-state index in [-0.39, 0.29) is 5.41 Å². The lowest BCUT2D eigenvalue weighted by Gasteiger charge is -2.21. The van der Waals surface area contributed by atoms with Gasteiger partial charge in [0.25, 0.3) is 0 Å². The average Bonchev–Trinajstić information content (AvgIpc) is 3.25. The van der Waals surface area contributed by atoms with Crippen LogP contribution in [0.15, 0.2) is 91.0 Å². The van der Waals surface area contributed by atoms with Crippen molar-refractivity contribution in [3.63, 3.8) is 0 Å². The average molecular weight is 485 g/mol. The highest BCUT2D eigenvalue weighted by Gasteiger charge is 2.24. The van der Waals surface area contributed by atoms with Gasteiger partial charge in [0.1, 0.15) is 5.82 Å². The summed E-state index contributed by atoms with van der Waals surface area (Å²) in [5, 5.41) is 2.32. The maximum atomic E-state index is 6.15. The van der Waals surface area contributed by atoms with Crippen LogP contribution in [0, 0.1) is 0 Å². The molecule has 0 fully saturated rings. The Kier molecular flexibility index (Phi) is 4.60. The molecule has 0 atom stereocenters. The number of ether oxygens (including phenoxy) is 2. The van der Waals surface area contributed by atoms with Crippen LogP contribution in [0.3, 0.4) is 0 Å². The van der Waals surface area contributed by atoms with E-state index in [1.807, 2.05) is 54.6 Å². The van der Waals surface area contributed by atoms with Crippen molar-refractivity contribution >= 4 is 21.8 Å². The van der Waals surface area contributed by atoms with Gasteiger partial charge in [0, 0.05) is 21.8 Å². The molecule has 6 aromatic rings. The lowest BCUT2D eigenvalue weighted by molar-refractivity contribution is 0.360. The normalized spacial score (nSPS) is 12.6. The van der Waals surface area contributed by atoms with Gasteiger partial charge in [0.2, 0.25) is 5.95 Å². The molecule has 6 nitrogen and oxygen atoms in total. The van der Waals surface area contributed by atoms with Gasteiger partial charge in [-0.2, -0.15) is 9.97 Å². The fourth-order valence-corrected chi connectivity index (χ4v) is 4.73. The SMILES string of the molecule is CC(C)(C)c1nc(-c2ccc3c(c2)Oc2ccccc2O3)nc(-n2c3ccccc3c3ccccc32)n1. The Bertz CT molecular complexity index is 1780. The van der Waals surface area contributed by atoms with Gasteiger partial charge >= 0.3 is 0 Å². The highest BCUT2D eigenvalue weighted by molar-refractivity contribution is 6.08. The molecule has 2 aromatic heterocycles. The molecule has 4 aromatic carbocycles. The van der Waals surface area contributed by atoms with Gasteiger partial charge in [-0.05, 0) is 42.5 Å². The Labute approximate surface area is 214 Å². The van der Waals surface area contributed by atoms with Crippen LogP contribution < -0.4 is 9.47 Å². The number of aromatic nitrogens is 4. The van der Waals surface area contributed by atoms with E-state index in [1.165, 1.54) is 0 Å². The van der Waals surface area contributed by atoms with Crippen molar-refractivity contribution in [2.24, 2.45) is 0 Å². The first-order chi connectivity index (χ1) is 18.0. The number of hydrogen-bond donors (Lipinski definition) is 0. The summed E-state index contributed by atoms with van der Waals surface area (Å²) in [5.74, 6) is 4.57. The van der Waals surface area contributed by atoms with Crippen molar-refractivity contribution in [1.29, 1.82) is 0 Å². The number of nitrogens with zero attached hydrogens (tertiary/aromatic N) is 4. The minimum atomic E-state index is -0.280. The third-order valence-electron chi connectivity index (χ3n) is 6.57. The molecule has 0 saturated heterocycles. The fraction of sp³-hybridized carbons (Fsp3) is 0.129. The lowest BCUT2D eigenvalue weighted by atomic mass is 9.96. The molecule has 0 spiro atoms. The molecule has 0 N–H and O–H groups in total. The zero-order chi connectivity index (χ0) is 25.1. The Morgan fingerprint density at radius 3 is 1.81 bits per heavy atom. The van der Waals surface area contributed by atoms with Crippen molar-refractivity contribution in [1.82, 2.24) is 19.5 Å². The summed E-state index contributed by atoms with van der Waals surface area (Å²) < 4.78 is 14.3. The summed E-state index contributed by atoms with van der Waals surface area (Å²) in [4.78, 5) is 14.9. The van der Waals surface area contributed by atoms with Crippen LogP contribution in [0.2, 0.25) is 0 Å². The van der Waals surface area contributed by atoms with E-state index in [2.05, 4.69) is 61.7 Å². The predicted octanol–water partition coefficient (Wildman–Crippen LogP) is 7.83. The van der Waals surface area contributed by atoms with Crippen LogP contribution in [-0.2, 0) is 5.41 Å². The first-order valence-corrected chi connectivity index (χ1v) is 12.3. The first-order valence-electron chi connectivity index (χ1n) is 12.3. The van der Waals surface area contributed by atoms with E-state index in [1.54, 1.807) is 0 Å². The second-order valence-corrected chi connectivity index (χ2v) is 10.2. The second-order valence-electron chi connectivity index (χ2n) is 10.2. The summed E-state index contributed by atoms with van der Waals surface area (Å²) in [5.41, 5.74) is 2.66. The number of benzene rings is 4. The van der Waals surface area contributed by atoms with Crippen LogP contribution >= 0.6 is 0 Å². The molecule has 1 aliphatic rings. The molecule has 0 bridgehead atoms.